The van der Waals surface area contributed by atoms with E-state index in [-0.39, 0.29) is 6.10 Å². The first-order valence-electron chi connectivity index (χ1n) is 9.25. The molecule has 0 saturated carbocycles. The first kappa shape index (κ1) is 16.9. The zero-order chi connectivity index (χ0) is 17.9. The van der Waals surface area contributed by atoms with Gasteiger partial charge in [-0.1, -0.05) is 18.2 Å². The van der Waals surface area contributed by atoms with E-state index in [9.17, 15) is 4.79 Å². The zero-order valence-corrected chi connectivity index (χ0v) is 14.8. The summed E-state index contributed by atoms with van der Waals surface area (Å²) >= 11 is 0. The number of urea groups is 1. The second-order valence-corrected chi connectivity index (χ2v) is 7.07. The van der Waals surface area contributed by atoms with Gasteiger partial charge in [-0.15, -0.1) is 0 Å². The highest BCUT2D eigenvalue weighted by Crippen LogP contribution is 2.29. The van der Waals surface area contributed by atoms with Crippen molar-refractivity contribution in [3.8, 4) is 5.75 Å². The fourth-order valence-corrected chi connectivity index (χ4v) is 3.99. The Kier molecular flexibility index (Phi) is 4.79. The highest BCUT2D eigenvalue weighted by atomic mass is 16.5. The quantitative estimate of drug-likeness (QED) is 0.882. The molecule has 7 nitrogen and oxygen atoms in total. The molecule has 3 N–H and O–H groups in total. The van der Waals surface area contributed by atoms with Gasteiger partial charge < -0.3 is 15.0 Å². The molecule has 1 fully saturated rings. The van der Waals surface area contributed by atoms with E-state index in [0.29, 0.717) is 12.0 Å². The van der Waals surface area contributed by atoms with Crippen molar-refractivity contribution < 1.29 is 9.53 Å². The maximum atomic E-state index is 11.1. The molecule has 0 bridgehead atoms. The molecule has 2 amide bonds. The van der Waals surface area contributed by atoms with Gasteiger partial charge >= 0.3 is 6.03 Å². The van der Waals surface area contributed by atoms with Gasteiger partial charge in [0.05, 0.1) is 0 Å². The SMILES string of the molecule is NC(=O)Nc1nccn1C1CCN(CC2CCc3ccccc3O2)CC1. The van der Waals surface area contributed by atoms with Gasteiger partial charge in [-0.05, 0) is 37.3 Å². The summed E-state index contributed by atoms with van der Waals surface area (Å²) in [5, 5.41) is 2.59. The number of carbonyl (C=O) groups is 1. The van der Waals surface area contributed by atoms with Crippen LogP contribution in [0.2, 0.25) is 0 Å². The molecule has 1 unspecified atom stereocenters. The maximum Gasteiger partial charge on any atom is 0.318 e. The fraction of sp³-hybridized carbons (Fsp3) is 0.474. The van der Waals surface area contributed by atoms with Gasteiger partial charge in [0.2, 0.25) is 5.95 Å². The number of aromatic nitrogens is 2. The molecule has 138 valence electrons. The lowest BCUT2D eigenvalue weighted by Crippen LogP contribution is -2.42. The molecule has 0 radical (unpaired) electrons. The summed E-state index contributed by atoms with van der Waals surface area (Å²) in [6, 6.07) is 8.09. The standard InChI is InChI=1S/C19H25N5O2/c20-18(25)22-19-21-9-12-24(19)15-7-10-23(11-8-15)13-16-6-5-14-3-1-2-4-17(14)26-16/h1-4,9,12,15-16H,5-8,10-11,13H2,(H3,20,21,22,25). The summed E-state index contributed by atoms with van der Waals surface area (Å²) in [6.07, 6.45) is 8.08. The molecule has 1 aromatic carbocycles. The van der Waals surface area contributed by atoms with Crippen molar-refractivity contribution in [2.24, 2.45) is 5.73 Å². The van der Waals surface area contributed by atoms with E-state index < -0.39 is 6.03 Å². The van der Waals surface area contributed by atoms with Crippen LogP contribution in [0.25, 0.3) is 0 Å². The van der Waals surface area contributed by atoms with Crippen LogP contribution in [0.4, 0.5) is 10.7 Å². The minimum Gasteiger partial charge on any atom is -0.489 e. The van der Waals surface area contributed by atoms with E-state index >= 15 is 0 Å². The number of ether oxygens (including phenoxy) is 1. The van der Waals surface area contributed by atoms with Gasteiger partial charge in [0, 0.05) is 38.1 Å². The van der Waals surface area contributed by atoms with Gasteiger partial charge in [0.15, 0.2) is 0 Å². The van der Waals surface area contributed by atoms with Crippen molar-refractivity contribution in [3.63, 3.8) is 0 Å². The van der Waals surface area contributed by atoms with Crippen LogP contribution < -0.4 is 15.8 Å². The molecule has 1 saturated heterocycles. The van der Waals surface area contributed by atoms with Crippen molar-refractivity contribution in [1.82, 2.24) is 14.5 Å². The number of aryl methyl sites for hydroxylation is 1. The number of likely N-dealkylation sites (tertiary alicyclic amines) is 1. The Morgan fingerprint density at radius 1 is 1.27 bits per heavy atom. The number of nitrogens with one attached hydrogen (secondary N) is 1. The Morgan fingerprint density at radius 2 is 2.08 bits per heavy atom. The van der Waals surface area contributed by atoms with Crippen LogP contribution >= 0.6 is 0 Å². The van der Waals surface area contributed by atoms with Gasteiger partial charge in [-0.25, -0.2) is 9.78 Å². The van der Waals surface area contributed by atoms with Gasteiger partial charge in [-0.3, -0.25) is 10.2 Å². The Hall–Kier alpha value is -2.54. The van der Waals surface area contributed by atoms with Crippen LogP contribution in [-0.2, 0) is 6.42 Å². The Morgan fingerprint density at radius 3 is 2.88 bits per heavy atom. The first-order valence-corrected chi connectivity index (χ1v) is 9.25. The normalized spacial score (nSPS) is 21.0. The van der Waals surface area contributed by atoms with Gasteiger partial charge in [-0.2, -0.15) is 0 Å². The van der Waals surface area contributed by atoms with Crippen LogP contribution in [-0.4, -0.2) is 46.2 Å². The van der Waals surface area contributed by atoms with E-state index in [1.807, 2.05) is 16.8 Å². The molecule has 0 spiro atoms. The van der Waals surface area contributed by atoms with Gasteiger partial charge in [0.25, 0.3) is 0 Å². The van der Waals surface area contributed by atoms with E-state index in [0.717, 1.165) is 51.1 Å². The Labute approximate surface area is 153 Å². The summed E-state index contributed by atoms with van der Waals surface area (Å²) in [7, 11) is 0. The van der Waals surface area contributed by atoms with Gasteiger partial charge in [0.1, 0.15) is 11.9 Å². The molecule has 1 aromatic heterocycles. The molecular weight excluding hydrogens is 330 g/mol. The average molecular weight is 355 g/mol. The summed E-state index contributed by atoms with van der Waals surface area (Å²) < 4.78 is 8.20. The number of piperidine rings is 1. The zero-order valence-electron chi connectivity index (χ0n) is 14.8. The van der Waals surface area contributed by atoms with Crippen molar-refractivity contribution in [3.05, 3.63) is 42.2 Å². The lowest BCUT2D eigenvalue weighted by atomic mass is 10.0. The third-order valence-corrected chi connectivity index (χ3v) is 5.32. The highest BCUT2D eigenvalue weighted by molar-refractivity contribution is 5.85. The smallest absolute Gasteiger partial charge is 0.318 e. The first-order chi connectivity index (χ1) is 12.7. The third-order valence-electron chi connectivity index (χ3n) is 5.32. The largest absolute Gasteiger partial charge is 0.489 e. The predicted octanol–water partition coefficient (Wildman–Crippen LogP) is 2.40. The number of nitrogens with two attached hydrogens (primary N) is 1. The number of nitrogens with zero attached hydrogens (tertiary/aromatic N) is 3. The molecule has 7 heteroatoms. The molecule has 3 heterocycles. The van der Waals surface area contributed by atoms with Crippen molar-refractivity contribution >= 4 is 12.0 Å². The average Bonchev–Trinajstić information content (AvgIpc) is 3.10. The summed E-state index contributed by atoms with van der Waals surface area (Å²) in [5.41, 5.74) is 6.53. The lowest BCUT2D eigenvalue weighted by molar-refractivity contribution is 0.0927. The minimum atomic E-state index is -0.579. The van der Waals surface area contributed by atoms with E-state index in [1.54, 1.807) is 6.20 Å². The molecule has 2 aliphatic rings. The minimum absolute atomic E-state index is 0.266. The molecule has 2 aliphatic heterocycles. The summed E-state index contributed by atoms with van der Waals surface area (Å²) in [6.45, 7) is 3.00. The second kappa shape index (κ2) is 7.37. The number of para-hydroxylation sites is 1. The number of benzene rings is 1. The maximum absolute atomic E-state index is 11.1. The van der Waals surface area contributed by atoms with E-state index in [4.69, 9.17) is 10.5 Å². The number of fused-ring (bicyclic) bond motifs is 1. The van der Waals surface area contributed by atoms with Crippen molar-refractivity contribution in [2.75, 3.05) is 25.0 Å². The Bertz CT molecular complexity index is 767. The number of anilines is 1. The van der Waals surface area contributed by atoms with Crippen LogP contribution in [0.1, 0.15) is 30.9 Å². The Balaban J connectivity index is 1.31. The van der Waals surface area contributed by atoms with Crippen LogP contribution in [0.5, 0.6) is 5.75 Å². The molecule has 26 heavy (non-hydrogen) atoms. The highest BCUT2D eigenvalue weighted by Gasteiger charge is 2.26. The fourth-order valence-electron chi connectivity index (χ4n) is 3.99. The topological polar surface area (TPSA) is 85.4 Å². The molecule has 1 atom stereocenters. The van der Waals surface area contributed by atoms with Crippen molar-refractivity contribution in [2.45, 2.75) is 37.8 Å². The molecule has 0 aliphatic carbocycles. The predicted molar refractivity (Wildman–Crippen MR) is 99.3 cm³/mol. The molecular formula is C19H25N5O2. The number of primary amides is 1. The summed E-state index contributed by atoms with van der Waals surface area (Å²) in [5.74, 6) is 1.57. The lowest BCUT2D eigenvalue weighted by Gasteiger charge is -2.36. The second-order valence-electron chi connectivity index (χ2n) is 7.07. The number of carbonyl (C=O) groups excluding carboxylic acids is 1. The molecule has 4 rings (SSSR count). The summed E-state index contributed by atoms with van der Waals surface area (Å²) in [4.78, 5) is 17.8. The van der Waals surface area contributed by atoms with E-state index in [1.165, 1.54) is 5.56 Å². The van der Waals surface area contributed by atoms with E-state index in [2.05, 4.69) is 33.4 Å². The molecule has 2 aromatic rings. The van der Waals surface area contributed by atoms with Crippen molar-refractivity contribution in [1.29, 1.82) is 0 Å². The number of hydrogen-bond acceptors (Lipinski definition) is 4. The van der Waals surface area contributed by atoms with Crippen LogP contribution in [0.3, 0.4) is 0 Å². The number of amides is 2. The van der Waals surface area contributed by atoms with Crippen LogP contribution in [0, 0.1) is 0 Å². The number of rotatable bonds is 4. The van der Waals surface area contributed by atoms with Crippen LogP contribution in [0.15, 0.2) is 36.7 Å². The monoisotopic (exact) mass is 355 g/mol. The third kappa shape index (κ3) is 3.67. The number of hydrogen-bond donors (Lipinski definition) is 2. The number of imidazole rings is 1.